The largest absolute Gasteiger partial charge is 0.262 e. The maximum Gasteiger partial charge on any atom is 0.211 e. The molecule has 0 bridgehead atoms. The molecule has 7 heteroatoms. The molecule has 0 N–H and O–H groups in total. The fourth-order valence-electron chi connectivity index (χ4n) is 2.02. The van der Waals surface area contributed by atoms with E-state index < -0.39 is 15.8 Å². The summed E-state index contributed by atoms with van der Waals surface area (Å²) >= 11 is 5.63. The van der Waals surface area contributed by atoms with Gasteiger partial charge in [0.2, 0.25) is 10.0 Å². The number of rotatable bonds is 1. The number of sulfonamides is 1. The molecule has 20 heavy (non-hydrogen) atoms. The van der Waals surface area contributed by atoms with Crippen molar-refractivity contribution in [3.63, 3.8) is 0 Å². The van der Waals surface area contributed by atoms with E-state index in [1.165, 1.54) is 23.0 Å². The van der Waals surface area contributed by atoms with Gasteiger partial charge in [0, 0.05) is 31.4 Å². The molecule has 0 spiro atoms. The van der Waals surface area contributed by atoms with E-state index in [4.69, 9.17) is 11.6 Å². The molecule has 0 atom stereocenters. The molecule has 2 rings (SSSR count). The van der Waals surface area contributed by atoms with Crippen molar-refractivity contribution in [3.8, 4) is 11.8 Å². The Morgan fingerprint density at radius 2 is 2.05 bits per heavy atom. The number of hydrogen-bond acceptors (Lipinski definition) is 3. The van der Waals surface area contributed by atoms with Gasteiger partial charge in [-0.2, -0.15) is 0 Å². The van der Waals surface area contributed by atoms with Gasteiger partial charge in [-0.05, 0) is 12.8 Å². The smallest absolute Gasteiger partial charge is 0.211 e. The SMILES string of the molecule is CS(=O)(=O)N1CCC(C#Cc2cncc(Cl)c2F)CC1. The summed E-state index contributed by atoms with van der Waals surface area (Å²) in [5, 5.41) is -0.0521. The Balaban J connectivity index is 2.04. The molecule has 1 fully saturated rings. The third kappa shape index (κ3) is 3.69. The average Bonchev–Trinajstić information content (AvgIpc) is 2.40. The lowest BCUT2D eigenvalue weighted by molar-refractivity contribution is 0.313. The molecule has 2 heterocycles. The van der Waals surface area contributed by atoms with E-state index in [1.54, 1.807) is 0 Å². The van der Waals surface area contributed by atoms with E-state index >= 15 is 0 Å². The monoisotopic (exact) mass is 316 g/mol. The molecule has 0 unspecified atom stereocenters. The Morgan fingerprint density at radius 3 is 2.65 bits per heavy atom. The van der Waals surface area contributed by atoms with Crippen LogP contribution in [-0.4, -0.2) is 37.1 Å². The quantitative estimate of drug-likeness (QED) is 0.744. The summed E-state index contributed by atoms with van der Waals surface area (Å²) in [6.45, 7) is 0.906. The van der Waals surface area contributed by atoms with Gasteiger partial charge in [0.25, 0.3) is 0 Å². The molecule has 0 aliphatic carbocycles. The Hall–Kier alpha value is -1.16. The van der Waals surface area contributed by atoms with E-state index in [0.717, 1.165) is 0 Å². The standard InChI is InChI=1S/C13H14ClFN2O2S/c1-20(18,19)17-6-4-10(5-7-17)2-3-11-8-16-9-12(14)13(11)15/h8-10H,4-7H2,1H3. The van der Waals surface area contributed by atoms with E-state index in [-0.39, 0.29) is 16.5 Å². The van der Waals surface area contributed by atoms with E-state index in [0.29, 0.717) is 25.9 Å². The van der Waals surface area contributed by atoms with Crippen molar-refractivity contribution in [2.45, 2.75) is 12.8 Å². The van der Waals surface area contributed by atoms with E-state index in [9.17, 15) is 12.8 Å². The van der Waals surface area contributed by atoms with Crippen LogP contribution in [0.15, 0.2) is 12.4 Å². The summed E-state index contributed by atoms with van der Waals surface area (Å²) in [6, 6.07) is 0. The van der Waals surface area contributed by atoms with E-state index in [1.807, 2.05) is 0 Å². The van der Waals surface area contributed by atoms with Crippen molar-refractivity contribution >= 4 is 21.6 Å². The lowest BCUT2D eigenvalue weighted by Gasteiger charge is -2.27. The van der Waals surface area contributed by atoms with Gasteiger partial charge in [-0.1, -0.05) is 23.4 Å². The number of hydrogen-bond donors (Lipinski definition) is 0. The molecule has 0 aromatic carbocycles. The molecule has 0 amide bonds. The van der Waals surface area contributed by atoms with Crippen LogP contribution < -0.4 is 0 Å². The van der Waals surface area contributed by atoms with Gasteiger partial charge in [-0.3, -0.25) is 4.98 Å². The highest BCUT2D eigenvalue weighted by Crippen LogP contribution is 2.19. The first-order valence-corrected chi connectivity index (χ1v) is 8.36. The summed E-state index contributed by atoms with van der Waals surface area (Å²) in [5.41, 5.74) is 0.169. The van der Waals surface area contributed by atoms with Crippen LogP contribution in [0.5, 0.6) is 0 Å². The van der Waals surface area contributed by atoms with Crippen LogP contribution >= 0.6 is 11.6 Å². The molecule has 1 aromatic rings. The van der Waals surface area contributed by atoms with Gasteiger partial charge in [-0.25, -0.2) is 17.1 Å². The summed E-state index contributed by atoms with van der Waals surface area (Å²) in [7, 11) is -3.13. The molecule has 1 aliphatic heterocycles. The van der Waals surface area contributed by atoms with Crippen LogP contribution in [0, 0.1) is 23.6 Å². The number of piperidine rings is 1. The summed E-state index contributed by atoms with van der Waals surface area (Å²) in [5.74, 6) is 5.20. The Kier molecular flexibility index (Phi) is 4.63. The van der Waals surface area contributed by atoms with Crippen LogP contribution in [0.4, 0.5) is 4.39 Å². The minimum absolute atomic E-state index is 0.0521. The third-order valence-corrected chi connectivity index (χ3v) is 4.74. The summed E-state index contributed by atoms with van der Waals surface area (Å²) in [6.07, 6.45) is 5.06. The number of halogens is 2. The highest BCUT2D eigenvalue weighted by molar-refractivity contribution is 7.88. The minimum Gasteiger partial charge on any atom is -0.262 e. The third-order valence-electron chi connectivity index (χ3n) is 3.17. The van der Waals surface area contributed by atoms with Gasteiger partial charge >= 0.3 is 0 Å². The van der Waals surface area contributed by atoms with Gasteiger partial charge in [0.1, 0.15) is 0 Å². The fourth-order valence-corrected chi connectivity index (χ4v) is 3.05. The molecule has 0 radical (unpaired) electrons. The highest BCUT2D eigenvalue weighted by Gasteiger charge is 2.23. The number of pyridine rings is 1. The Morgan fingerprint density at radius 1 is 1.40 bits per heavy atom. The molecule has 1 aromatic heterocycles. The van der Waals surface area contributed by atoms with E-state index in [2.05, 4.69) is 16.8 Å². The second kappa shape index (κ2) is 6.08. The molecule has 0 saturated carbocycles. The average molecular weight is 317 g/mol. The van der Waals surface area contributed by atoms with Gasteiger partial charge in [-0.15, -0.1) is 0 Å². The van der Waals surface area contributed by atoms with Gasteiger partial charge in [0.15, 0.2) is 5.82 Å². The predicted octanol–water partition coefficient (Wildman–Crippen LogP) is 1.90. The van der Waals surface area contributed by atoms with Crippen molar-refractivity contribution < 1.29 is 12.8 Å². The first kappa shape index (κ1) is 15.2. The normalized spacial score (nSPS) is 17.6. The van der Waals surface area contributed by atoms with Crippen molar-refractivity contribution in [3.05, 3.63) is 28.8 Å². The van der Waals surface area contributed by atoms with Crippen molar-refractivity contribution in [2.24, 2.45) is 5.92 Å². The molecular formula is C13H14ClFN2O2S. The van der Waals surface area contributed by atoms with Crippen LogP contribution in [-0.2, 0) is 10.0 Å². The fraction of sp³-hybridized carbons (Fsp3) is 0.462. The number of nitrogens with zero attached hydrogens (tertiary/aromatic N) is 2. The van der Waals surface area contributed by atoms with Gasteiger partial charge in [0.05, 0.1) is 16.8 Å². The Bertz CT molecular complexity index is 659. The van der Waals surface area contributed by atoms with Gasteiger partial charge < -0.3 is 0 Å². The molecule has 1 aliphatic rings. The van der Waals surface area contributed by atoms with Crippen molar-refractivity contribution in [1.29, 1.82) is 0 Å². The van der Waals surface area contributed by atoms with Crippen LogP contribution in [0.25, 0.3) is 0 Å². The zero-order valence-electron chi connectivity index (χ0n) is 10.9. The molecule has 4 nitrogen and oxygen atoms in total. The number of aromatic nitrogens is 1. The lowest BCUT2D eigenvalue weighted by Crippen LogP contribution is -2.37. The molecule has 1 saturated heterocycles. The van der Waals surface area contributed by atoms with Crippen LogP contribution in [0.1, 0.15) is 18.4 Å². The molecule has 108 valence electrons. The lowest BCUT2D eigenvalue weighted by atomic mass is 9.98. The minimum atomic E-state index is -3.13. The maximum atomic E-state index is 13.6. The first-order chi connectivity index (χ1) is 9.38. The first-order valence-electron chi connectivity index (χ1n) is 6.13. The van der Waals surface area contributed by atoms with Crippen LogP contribution in [0.3, 0.4) is 0 Å². The van der Waals surface area contributed by atoms with Crippen LogP contribution in [0.2, 0.25) is 5.02 Å². The van der Waals surface area contributed by atoms with Crippen molar-refractivity contribution in [1.82, 2.24) is 9.29 Å². The predicted molar refractivity (Wildman–Crippen MR) is 75.2 cm³/mol. The second-order valence-corrected chi connectivity index (χ2v) is 7.08. The summed E-state index contributed by atoms with van der Waals surface area (Å²) in [4.78, 5) is 3.79. The zero-order valence-corrected chi connectivity index (χ0v) is 12.5. The zero-order chi connectivity index (χ0) is 14.8. The Labute approximate surface area is 123 Å². The highest BCUT2D eigenvalue weighted by atomic mass is 35.5. The second-order valence-electron chi connectivity index (χ2n) is 4.69. The maximum absolute atomic E-state index is 13.6. The van der Waals surface area contributed by atoms with Crippen molar-refractivity contribution in [2.75, 3.05) is 19.3 Å². The topological polar surface area (TPSA) is 50.3 Å². The molecular weight excluding hydrogens is 303 g/mol. The summed E-state index contributed by atoms with van der Waals surface area (Å²) < 4.78 is 37.8.